The van der Waals surface area contributed by atoms with Crippen LogP contribution in [0.4, 0.5) is 0 Å². The van der Waals surface area contributed by atoms with E-state index in [1.54, 1.807) is 6.08 Å². The maximum atomic E-state index is 9.90. The molecule has 1 rings (SSSR count). The minimum Gasteiger partial charge on any atom is -0.211 e. The molecular formula is C7H8INO. The molecule has 0 radical (unpaired) electrons. The standard InChI is InChI=1S/C7H8INO/c8-6-3-1-2-4-7(6)9-5-10/h1-2,6-7H,3-4H2/t6-,7-/m0/s1. The number of halogens is 1. The molecular weight excluding hydrogens is 241 g/mol. The van der Waals surface area contributed by atoms with Crippen LogP contribution in [0.1, 0.15) is 12.8 Å². The summed E-state index contributed by atoms with van der Waals surface area (Å²) in [5, 5.41) is 0. The number of carbonyl (C=O) groups excluding carboxylic acids is 1. The fraction of sp³-hybridized carbons (Fsp3) is 0.571. The molecule has 0 saturated heterocycles. The number of hydrogen-bond donors (Lipinski definition) is 0. The minimum atomic E-state index is 0.170. The smallest absolute Gasteiger partial charge is 0.211 e. The fourth-order valence-corrected chi connectivity index (χ4v) is 1.72. The molecule has 2 atom stereocenters. The van der Waals surface area contributed by atoms with Gasteiger partial charge in [0.1, 0.15) is 0 Å². The molecule has 0 aromatic rings. The monoisotopic (exact) mass is 249 g/mol. The number of isocyanates is 1. The molecule has 0 fully saturated rings. The van der Waals surface area contributed by atoms with Gasteiger partial charge in [-0.2, -0.15) is 0 Å². The predicted molar refractivity (Wildman–Crippen MR) is 48.1 cm³/mol. The normalized spacial score (nSPS) is 31.3. The van der Waals surface area contributed by atoms with Gasteiger partial charge in [0.05, 0.1) is 6.04 Å². The quantitative estimate of drug-likeness (QED) is 0.229. The van der Waals surface area contributed by atoms with Crippen molar-refractivity contribution in [3.8, 4) is 0 Å². The molecule has 0 bridgehead atoms. The molecule has 3 heteroatoms. The van der Waals surface area contributed by atoms with Crippen LogP contribution < -0.4 is 0 Å². The van der Waals surface area contributed by atoms with Gasteiger partial charge in [-0.1, -0.05) is 34.7 Å². The van der Waals surface area contributed by atoms with E-state index in [0.717, 1.165) is 12.8 Å². The molecule has 10 heavy (non-hydrogen) atoms. The highest BCUT2D eigenvalue weighted by molar-refractivity contribution is 14.1. The summed E-state index contributed by atoms with van der Waals surface area (Å²) in [4.78, 5) is 13.6. The fourth-order valence-electron chi connectivity index (χ4n) is 0.968. The molecule has 1 aliphatic rings. The van der Waals surface area contributed by atoms with Crippen LogP contribution in [0, 0.1) is 0 Å². The van der Waals surface area contributed by atoms with Crippen molar-refractivity contribution >= 4 is 28.7 Å². The third-order valence-corrected chi connectivity index (χ3v) is 2.88. The van der Waals surface area contributed by atoms with Gasteiger partial charge in [0.15, 0.2) is 0 Å². The highest BCUT2D eigenvalue weighted by Crippen LogP contribution is 2.21. The maximum absolute atomic E-state index is 9.90. The molecule has 0 saturated carbocycles. The van der Waals surface area contributed by atoms with Crippen LogP contribution in [0.25, 0.3) is 0 Å². The van der Waals surface area contributed by atoms with E-state index in [2.05, 4.69) is 39.7 Å². The first-order valence-corrected chi connectivity index (χ1v) is 4.45. The van der Waals surface area contributed by atoms with Crippen LogP contribution in [0.2, 0.25) is 0 Å². The Labute approximate surface area is 73.6 Å². The third kappa shape index (κ3) is 1.92. The summed E-state index contributed by atoms with van der Waals surface area (Å²) in [7, 11) is 0. The van der Waals surface area contributed by atoms with Crippen molar-refractivity contribution in [3.05, 3.63) is 12.2 Å². The molecule has 1 aliphatic carbocycles. The lowest BCUT2D eigenvalue weighted by atomic mass is 10.0. The number of aliphatic imine (C=N–C) groups is 1. The largest absolute Gasteiger partial charge is 0.235 e. The number of nitrogens with zero attached hydrogens (tertiary/aromatic N) is 1. The van der Waals surface area contributed by atoms with E-state index >= 15 is 0 Å². The number of alkyl halides is 1. The second kappa shape index (κ2) is 3.88. The summed E-state index contributed by atoms with van der Waals surface area (Å²) in [6, 6.07) is 0.170. The molecule has 0 N–H and O–H groups in total. The summed E-state index contributed by atoms with van der Waals surface area (Å²) in [6.45, 7) is 0. The number of rotatable bonds is 1. The predicted octanol–water partition coefficient (Wildman–Crippen LogP) is 1.84. The van der Waals surface area contributed by atoms with Crippen LogP contribution in [0.3, 0.4) is 0 Å². The van der Waals surface area contributed by atoms with E-state index in [0.29, 0.717) is 3.92 Å². The van der Waals surface area contributed by atoms with Crippen molar-refractivity contribution in [3.63, 3.8) is 0 Å². The average molecular weight is 249 g/mol. The second-order valence-electron chi connectivity index (χ2n) is 2.25. The van der Waals surface area contributed by atoms with Gasteiger partial charge in [0, 0.05) is 3.92 Å². The Morgan fingerprint density at radius 3 is 2.80 bits per heavy atom. The highest BCUT2D eigenvalue weighted by Gasteiger charge is 2.17. The summed E-state index contributed by atoms with van der Waals surface area (Å²) in [5.41, 5.74) is 0. The molecule has 0 aromatic heterocycles. The first kappa shape index (κ1) is 7.95. The lowest BCUT2D eigenvalue weighted by molar-refractivity contribution is 0.552. The summed E-state index contributed by atoms with van der Waals surface area (Å²) >= 11 is 2.32. The van der Waals surface area contributed by atoms with Crippen LogP contribution in [0.5, 0.6) is 0 Å². The van der Waals surface area contributed by atoms with Gasteiger partial charge in [0.25, 0.3) is 0 Å². The topological polar surface area (TPSA) is 29.4 Å². The van der Waals surface area contributed by atoms with Crippen LogP contribution in [0.15, 0.2) is 17.1 Å². The van der Waals surface area contributed by atoms with Gasteiger partial charge in [-0.05, 0) is 12.8 Å². The lowest BCUT2D eigenvalue weighted by Gasteiger charge is -2.17. The first-order chi connectivity index (χ1) is 4.84. The minimum absolute atomic E-state index is 0.170. The molecule has 54 valence electrons. The maximum Gasteiger partial charge on any atom is 0.235 e. The second-order valence-corrected chi connectivity index (χ2v) is 3.85. The van der Waals surface area contributed by atoms with E-state index in [9.17, 15) is 4.79 Å². The molecule has 2 nitrogen and oxygen atoms in total. The van der Waals surface area contributed by atoms with Crippen LogP contribution >= 0.6 is 22.6 Å². The zero-order valence-corrected chi connectivity index (χ0v) is 7.61. The SMILES string of the molecule is O=C=N[C@H]1CC=CC[C@@H]1I. The molecule has 0 spiro atoms. The van der Waals surface area contributed by atoms with E-state index in [4.69, 9.17) is 0 Å². The Morgan fingerprint density at radius 1 is 1.50 bits per heavy atom. The van der Waals surface area contributed by atoms with Crippen molar-refractivity contribution in [2.45, 2.75) is 22.8 Å². The Balaban J connectivity index is 2.58. The van der Waals surface area contributed by atoms with Gasteiger partial charge >= 0.3 is 0 Å². The van der Waals surface area contributed by atoms with Gasteiger partial charge in [-0.15, -0.1) is 0 Å². The Bertz CT molecular complexity index is 184. The van der Waals surface area contributed by atoms with E-state index in [1.807, 2.05) is 0 Å². The first-order valence-electron chi connectivity index (χ1n) is 3.20. The van der Waals surface area contributed by atoms with Crippen molar-refractivity contribution in [2.24, 2.45) is 4.99 Å². The molecule has 0 aliphatic heterocycles. The van der Waals surface area contributed by atoms with Crippen molar-refractivity contribution < 1.29 is 4.79 Å². The van der Waals surface area contributed by atoms with E-state index in [-0.39, 0.29) is 6.04 Å². The zero-order valence-electron chi connectivity index (χ0n) is 5.46. The van der Waals surface area contributed by atoms with Gasteiger partial charge in [0.2, 0.25) is 6.08 Å². The number of allylic oxidation sites excluding steroid dienone is 1. The Kier molecular flexibility index (Phi) is 3.09. The van der Waals surface area contributed by atoms with Crippen LogP contribution in [-0.4, -0.2) is 16.0 Å². The molecule has 0 aromatic carbocycles. The summed E-state index contributed by atoms with van der Waals surface area (Å²) in [6.07, 6.45) is 7.72. The third-order valence-electron chi connectivity index (χ3n) is 1.54. The Hall–Kier alpha value is -0.150. The van der Waals surface area contributed by atoms with Crippen molar-refractivity contribution in [1.82, 2.24) is 0 Å². The van der Waals surface area contributed by atoms with E-state index < -0.39 is 0 Å². The van der Waals surface area contributed by atoms with Gasteiger partial charge in [-0.3, -0.25) is 0 Å². The molecule has 0 heterocycles. The van der Waals surface area contributed by atoms with Gasteiger partial charge in [-0.25, -0.2) is 9.79 Å². The zero-order chi connectivity index (χ0) is 7.40. The van der Waals surface area contributed by atoms with Crippen LogP contribution in [-0.2, 0) is 4.79 Å². The van der Waals surface area contributed by atoms with Crippen molar-refractivity contribution in [2.75, 3.05) is 0 Å². The summed E-state index contributed by atoms with van der Waals surface area (Å²) in [5.74, 6) is 0. The van der Waals surface area contributed by atoms with E-state index in [1.165, 1.54) is 0 Å². The average Bonchev–Trinajstić information content (AvgIpc) is 1.94. The van der Waals surface area contributed by atoms with Crippen molar-refractivity contribution in [1.29, 1.82) is 0 Å². The van der Waals surface area contributed by atoms with Gasteiger partial charge < -0.3 is 0 Å². The Morgan fingerprint density at radius 2 is 2.20 bits per heavy atom. The summed E-state index contributed by atoms with van der Waals surface area (Å²) < 4.78 is 0.476. The molecule has 0 amide bonds. The number of hydrogen-bond acceptors (Lipinski definition) is 2. The lowest BCUT2D eigenvalue weighted by Crippen LogP contribution is -2.19. The highest BCUT2D eigenvalue weighted by atomic mass is 127. The molecule has 0 unspecified atom stereocenters.